The number of nitrogens with one attached hydrogen (secondary N) is 1. The predicted octanol–water partition coefficient (Wildman–Crippen LogP) is 3.52. The second-order valence-electron chi connectivity index (χ2n) is 5.19. The number of carbonyl (C=O) groups excluding carboxylic acids is 1. The minimum absolute atomic E-state index is 0.151. The zero-order valence-corrected chi connectivity index (χ0v) is 12.5. The van der Waals surface area contributed by atoms with Crippen LogP contribution in [0.1, 0.15) is 49.9 Å². The summed E-state index contributed by atoms with van der Waals surface area (Å²) < 4.78 is 4.89. The first-order valence-electron chi connectivity index (χ1n) is 7.13. The molecule has 2 rings (SSSR count). The van der Waals surface area contributed by atoms with Crippen LogP contribution >= 0.6 is 11.3 Å². The monoisotopic (exact) mass is 281 g/mol. The lowest BCUT2D eigenvalue weighted by molar-refractivity contribution is -0.143. The summed E-state index contributed by atoms with van der Waals surface area (Å²) in [6.07, 6.45) is 5.90. The quantitative estimate of drug-likeness (QED) is 0.811. The lowest BCUT2D eigenvalue weighted by Crippen LogP contribution is -2.41. The van der Waals surface area contributed by atoms with Gasteiger partial charge in [-0.3, -0.25) is 10.1 Å². The second-order valence-corrected chi connectivity index (χ2v) is 6.17. The van der Waals surface area contributed by atoms with Gasteiger partial charge in [-0.15, -0.1) is 11.3 Å². The highest BCUT2D eigenvalue weighted by atomic mass is 32.1. The molecule has 4 heteroatoms. The van der Waals surface area contributed by atoms with Crippen molar-refractivity contribution in [1.29, 1.82) is 0 Å². The molecule has 0 bridgehead atoms. The summed E-state index contributed by atoms with van der Waals surface area (Å²) >= 11 is 1.78. The lowest BCUT2D eigenvalue weighted by atomic mass is 9.95. The number of esters is 1. The van der Waals surface area contributed by atoms with Gasteiger partial charge in [-0.2, -0.15) is 0 Å². The first kappa shape index (κ1) is 14.5. The zero-order valence-electron chi connectivity index (χ0n) is 11.7. The maximum absolute atomic E-state index is 11.8. The third kappa shape index (κ3) is 3.57. The van der Waals surface area contributed by atoms with Crippen molar-refractivity contribution in [3.63, 3.8) is 0 Å². The standard InChI is InChI=1S/C15H23NO2S/c1-3-12(15(17)18-2)16-14(11-7-4-5-8-11)13-9-6-10-19-13/h6,9-12,14,16H,3-5,7-8H2,1-2H3. The molecule has 0 spiro atoms. The molecule has 0 aliphatic heterocycles. The molecule has 106 valence electrons. The Morgan fingerprint density at radius 3 is 2.79 bits per heavy atom. The van der Waals surface area contributed by atoms with E-state index in [0.29, 0.717) is 12.0 Å². The minimum atomic E-state index is -0.197. The molecule has 0 radical (unpaired) electrons. The van der Waals surface area contributed by atoms with E-state index < -0.39 is 0 Å². The molecule has 1 aliphatic carbocycles. The molecule has 1 heterocycles. The van der Waals surface area contributed by atoms with E-state index in [9.17, 15) is 4.79 Å². The molecule has 3 nitrogen and oxygen atoms in total. The molecule has 1 aliphatic rings. The van der Waals surface area contributed by atoms with Gasteiger partial charge in [0, 0.05) is 10.9 Å². The summed E-state index contributed by atoms with van der Waals surface area (Å²) in [6, 6.07) is 4.36. The summed E-state index contributed by atoms with van der Waals surface area (Å²) in [7, 11) is 1.46. The van der Waals surface area contributed by atoms with E-state index in [1.165, 1.54) is 37.7 Å². The van der Waals surface area contributed by atoms with Crippen LogP contribution in [-0.2, 0) is 9.53 Å². The number of methoxy groups -OCH3 is 1. The highest BCUT2D eigenvalue weighted by molar-refractivity contribution is 7.10. The summed E-state index contributed by atoms with van der Waals surface area (Å²) in [5.74, 6) is 0.499. The zero-order chi connectivity index (χ0) is 13.7. The maximum Gasteiger partial charge on any atom is 0.322 e. The molecular weight excluding hydrogens is 258 g/mol. The smallest absolute Gasteiger partial charge is 0.322 e. The van der Waals surface area contributed by atoms with Crippen molar-refractivity contribution in [2.75, 3.05) is 7.11 Å². The summed E-state index contributed by atoms with van der Waals surface area (Å²) in [6.45, 7) is 2.02. The number of ether oxygens (including phenoxy) is 1. The van der Waals surface area contributed by atoms with E-state index >= 15 is 0 Å². The fourth-order valence-electron chi connectivity index (χ4n) is 2.92. The molecule has 1 N–H and O–H groups in total. The summed E-state index contributed by atoms with van der Waals surface area (Å²) in [5.41, 5.74) is 0. The Balaban J connectivity index is 2.11. The Bertz CT molecular complexity index is 385. The SMILES string of the molecule is CCC(NC(c1cccs1)C1CCCC1)C(=O)OC. The van der Waals surface area contributed by atoms with E-state index in [0.717, 1.165) is 6.42 Å². The van der Waals surface area contributed by atoms with E-state index in [-0.39, 0.29) is 12.0 Å². The topological polar surface area (TPSA) is 38.3 Å². The van der Waals surface area contributed by atoms with Crippen LogP contribution in [-0.4, -0.2) is 19.1 Å². The van der Waals surface area contributed by atoms with E-state index in [4.69, 9.17) is 4.74 Å². The van der Waals surface area contributed by atoms with E-state index in [1.807, 2.05) is 6.92 Å². The van der Waals surface area contributed by atoms with Crippen molar-refractivity contribution in [2.24, 2.45) is 5.92 Å². The highest BCUT2D eigenvalue weighted by Crippen LogP contribution is 2.37. The Kier molecular flexibility index (Phi) is 5.40. The molecule has 0 amide bonds. The van der Waals surface area contributed by atoms with Crippen molar-refractivity contribution in [3.05, 3.63) is 22.4 Å². The van der Waals surface area contributed by atoms with Gasteiger partial charge in [0.25, 0.3) is 0 Å². The Morgan fingerprint density at radius 2 is 2.26 bits per heavy atom. The lowest BCUT2D eigenvalue weighted by Gasteiger charge is -2.27. The average molecular weight is 281 g/mol. The molecule has 1 fully saturated rings. The molecule has 1 aromatic rings. The molecule has 0 saturated heterocycles. The van der Waals surface area contributed by atoms with Gasteiger partial charge in [0.15, 0.2) is 0 Å². The summed E-state index contributed by atoms with van der Waals surface area (Å²) in [4.78, 5) is 13.1. The molecule has 1 aromatic heterocycles. The Labute approximate surface area is 119 Å². The number of rotatable bonds is 6. The third-order valence-electron chi connectivity index (χ3n) is 4.00. The second kappa shape index (κ2) is 7.06. The van der Waals surface area contributed by atoms with E-state index in [1.54, 1.807) is 11.3 Å². The van der Waals surface area contributed by atoms with Crippen LogP contribution in [0.4, 0.5) is 0 Å². The van der Waals surface area contributed by atoms with Crippen LogP contribution in [0, 0.1) is 5.92 Å². The normalized spacial score (nSPS) is 19.3. The molecule has 0 aromatic carbocycles. The molecular formula is C15H23NO2S. The Morgan fingerprint density at radius 1 is 1.53 bits per heavy atom. The predicted molar refractivity (Wildman–Crippen MR) is 78.2 cm³/mol. The van der Waals surface area contributed by atoms with Crippen molar-refractivity contribution in [3.8, 4) is 0 Å². The largest absolute Gasteiger partial charge is 0.468 e. The van der Waals surface area contributed by atoms with Crippen LogP contribution in [0.3, 0.4) is 0 Å². The minimum Gasteiger partial charge on any atom is -0.468 e. The molecule has 2 atom stereocenters. The van der Waals surface area contributed by atoms with Crippen molar-refractivity contribution >= 4 is 17.3 Å². The van der Waals surface area contributed by atoms with Crippen molar-refractivity contribution in [2.45, 2.75) is 51.1 Å². The molecule has 1 saturated carbocycles. The van der Waals surface area contributed by atoms with Gasteiger partial charge < -0.3 is 4.74 Å². The maximum atomic E-state index is 11.8. The van der Waals surface area contributed by atoms with Crippen LogP contribution in [0.25, 0.3) is 0 Å². The van der Waals surface area contributed by atoms with Gasteiger partial charge in [0.1, 0.15) is 6.04 Å². The number of hydrogen-bond donors (Lipinski definition) is 1. The Hall–Kier alpha value is -0.870. The van der Waals surface area contributed by atoms with Gasteiger partial charge in [-0.05, 0) is 36.6 Å². The molecule has 2 unspecified atom stereocenters. The van der Waals surface area contributed by atoms with E-state index in [2.05, 4.69) is 22.8 Å². The summed E-state index contributed by atoms with van der Waals surface area (Å²) in [5, 5.41) is 5.64. The van der Waals surface area contributed by atoms with Crippen LogP contribution in [0.2, 0.25) is 0 Å². The first-order valence-corrected chi connectivity index (χ1v) is 8.01. The van der Waals surface area contributed by atoms with Gasteiger partial charge in [0.2, 0.25) is 0 Å². The van der Waals surface area contributed by atoms with Crippen molar-refractivity contribution in [1.82, 2.24) is 5.32 Å². The third-order valence-corrected chi connectivity index (χ3v) is 4.95. The number of thiophene rings is 1. The van der Waals surface area contributed by atoms with Gasteiger partial charge in [-0.25, -0.2) is 0 Å². The highest BCUT2D eigenvalue weighted by Gasteiger charge is 2.30. The number of hydrogen-bond acceptors (Lipinski definition) is 4. The number of carbonyl (C=O) groups is 1. The van der Waals surface area contributed by atoms with Crippen LogP contribution in [0.5, 0.6) is 0 Å². The van der Waals surface area contributed by atoms with Gasteiger partial charge in [-0.1, -0.05) is 25.8 Å². The van der Waals surface area contributed by atoms with Crippen LogP contribution < -0.4 is 5.32 Å². The fraction of sp³-hybridized carbons (Fsp3) is 0.667. The van der Waals surface area contributed by atoms with Crippen molar-refractivity contribution < 1.29 is 9.53 Å². The first-order chi connectivity index (χ1) is 9.26. The van der Waals surface area contributed by atoms with Gasteiger partial charge >= 0.3 is 5.97 Å². The average Bonchev–Trinajstić information content (AvgIpc) is 3.12. The fourth-order valence-corrected chi connectivity index (χ4v) is 3.80. The van der Waals surface area contributed by atoms with Gasteiger partial charge in [0.05, 0.1) is 7.11 Å². The molecule has 19 heavy (non-hydrogen) atoms. The van der Waals surface area contributed by atoms with Crippen LogP contribution in [0.15, 0.2) is 17.5 Å².